The molecule has 0 aliphatic rings. The largest absolute Gasteiger partial charge is 0.507 e. The summed E-state index contributed by atoms with van der Waals surface area (Å²) < 4.78 is 15.7. The number of aromatic amines is 1. The Kier molecular flexibility index (Phi) is 5.96. The van der Waals surface area contributed by atoms with Crippen molar-refractivity contribution in [3.8, 4) is 34.3 Å². The number of aromatic nitrogens is 2. The third-order valence-corrected chi connectivity index (χ3v) is 4.34. The fourth-order valence-electron chi connectivity index (χ4n) is 2.40. The van der Waals surface area contributed by atoms with Gasteiger partial charge in [0.2, 0.25) is 0 Å². The van der Waals surface area contributed by atoms with Gasteiger partial charge in [0.25, 0.3) is 0 Å². The van der Waals surface area contributed by atoms with E-state index in [2.05, 4.69) is 14.9 Å². The lowest BCUT2D eigenvalue weighted by molar-refractivity contribution is -0.142. The summed E-state index contributed by atoms with van der Waals surface area (Å²) in [6.07, 6.45) is 0. The van der Waals surface area contributed by atoms with Crippen LogP contribution in [0, 0.1) is 6.92 Å². The van der Waals surface area contributed by atoms with Crippen molar-refractivity contribution in [2.75, 3.05) is 13.7 Å². The summed E-state index contributed by atoms with van der Waals surface area (Å²) in [4.78, 5) is 11.2. The Balaban J connectivity index is 1.89. The van der Waals surface area contributed by atoms with Crippen LogP contribution in [-0.4, -0.2) is 35.0 Å². The molecule has 7 nitrogen and oxygen atoms in total. The molecule has 0 unspecified atom stereocenters. The maximum Gasteiger partial charge on any atom is 0.343 e. The summed E-state index contributed by atoms with van der Waals surface area (Å²) in [5.74, 6) is 0.488. The molecule has 1 heterocycles. The molecule has 0 aliphatic heterocycles. The topological polar surface area (TPSA) is 93.7 Å². The number of hydrogen-bond donors (Lipinski definition) is 2. The van der Waals surface area contributed by atoms with Crippen LogP contribution in [-0.2, 0) is 9.53 Å². The van der Waals surface area contributed by atoms with Crippen LogP contribution in [0.3, 0.4) is 0 Å². The highest BCUT2D eigenvalue weighted by atomic mass is 35.5. The lowest BCUT2D eigenvalue weighted by Gasteiger charge is -2.11. The predicted molar refractivity (Wildman–Crippen MR) is 104 cm³/mol. The van der Waals surface area contributed by atoms with E-state index in [9.17, 15) is 9.90 Å². The fourth-order valence-corrected chi connectivity index (χ4v) is 2.84. The summed E-state index contributed by atoms with van der Waals surface area (Å²) in [7, 11) is 1.26. The lowest BCUT2D eigenvalue weighted by atomic mass is 10.1. The molecule has 28 heavy (non-hydrogen) atoms. The van der Waals surface area contributed by atoms with E-state index in [0.717, 1.165) is 0 Å². The molecule has 3 rings (SSSR count). The number of H-pyrrole nitrogens is 1. The first-order valence-corrected chi connectivity index (χ1v) is 8.85. The number of hydrogen-bond acceptors (Lipinski definition) is 6. The van der Waals surface area contributed by atoms with Gasteiger partial charge in [0, 0.05) is 16.7 Å². The number of phenolic OH excluding ortho intramolecular Hbond substituents is 1. The third kappa shape index (κ3) is 4.32. The van der Waals surface area contributed by atoms with Gasteiger partial charge in [0.15, 0.2) is 12.4 Å². The monoisotopic (exact) mass is 422 g/mol. The minimum atomic E-state index is -0.526. The Morgan fingerprint density at radius 3 is 2.68 bits per heavy atom. The first-order chi connectivity index (χ1) is 13.4. The van der Waals surface area contributed by atoms with Crippen molar-refractivity contribution in [3.63, 3.8) is 0 Å². The maximum atomic E-state index is 11.2. The van der Waals surface area contributed by atoms with Gasteiger partial charge in [0.05, 0.1) is 17.8 Å². The second-order valence-corrected chi connectivity index (χ2v) is 6.59. The standard InChI is InChI=1S/C19H16Cl2N2O5/c1-10-19(28-16-6-3-11(20)7-14(16)21)18(23-22-10)13-5-4-12(8-15(13)24)27-9-17(25)26-2/h3-8,24H,9H2,1-2H3,(H,22,23). The van der Waals surface area contributed by atoms with Gasteiger partial charge in [-0.2, -0.15) is 5.10 Å². The van der Waals surface area contributed by atoms with Crippen LogP contribution in [0.1, 0.15) is 5.69 Å². The summed E-state index contributed by atoms with van der Waals surface area (Å²) in [6, 6.07) is 9.45. The molecular weight excluding hydrogens is 407 g/mol. The molecule has 0 fully saturated rings. The quantitative estimate of drug-likeness (QED) is 0.557. The van der Waals surface area contributed by atoms with Gasteiger partial charge < -0.3 is 19.3 Å². The van der Waals surface area contributed by atoms with E-state index in [-0.39, 0.29) is 12.4 Å². The molecule has 0 aliphatic carbocycles. The number of rotatable bonds is 6. The number of nitrogens with zero attached hydrogens (tertiary/aromatic N) is 1. The van der Waals surface area contributed by atoms with E-state index in [1.54, 1.807) is 37.3 Å². The van der Waals surface area contributed by atoms with Gasteiger partial charge in [-0.15, -0.1) is 0 Å². The third-order valence-electron chi connectivity index (χ3n) is 3.81. The van der Waals surface area contributed by atoms with E-state index >= 15 is 0 Å². The average molecular weight is 423 g/mol. The van der Waals surface area contributed by atoms with Crippen molar-refractivity contribution in [1.29, 1.82) is 0 Å². The molecule has 0 amide bonds. The Hall–Kier alpha value is -2.90. The molecule has 0 spiro atoms. The number of aromatic hydroxyl groups is 1. The zero-order valence-corrected chi connectivity index (χ0v) is 16.5. The second kappa shape index (κ2) is 8.41. The smallest absolute Gasteiger partial charge is 0.343 e. The summed E-state index contributed by atoms with van der Waals surface area (Å²) in [6.45, 7) is 1.51. The number of nitrogens with one attached hydrogen (secondary N) is 1. The van der Waals surface area contributed by atoms with Crippen molar-refractivity contribution in [3.05, 3.63) is 52.1 Å². The van der Waals surface area contributed by atoms with E-state index in [4.69, 9.17) is 32.7 Å². The average Bonchev–Trinajstić information content (AvgIpc) is 3.02. The Morgan fingerprint density at radius 2 is 2.00 bits per heavy atom. The minimum absolute atomic E-state index is 0.0964. The first-order valence-electron chi connectivity index (χ1n) is 8.10. The van der Waals surface area contributed by atoms with Crippen molar-refractivity contribution in [1.82, 2.24) is 10.2 Å². The van der Waals surface area contributed by atoms with Crippen LogP contribution in [0.25, 0.3) is 11.3 Å². The van der Waals surface area contributed by atoms with E-state index in [1.165, 1.54) is 13.2 Å². The SMILES string of the molecule is COC(=O)COc1ccc(-c2n[nH]c(C)c2Oc2ccc(Cl)cc2Cl)c(O)c1. The number of carbonyl (C=O) groups excluding carboxylic acids is 1. The van der Waals surface area contributed by atoms with Crippen LogP contribution in [0.5, 0.6) is 23.0 Å². The first kappa shape index (κ1) is 19.9. The molecule has 0 saturated carbocycles. The normalized spacial score (nSPS) is 10.6. The highest BCUT2D eigenvalue weighted by Gasteiger charge is 2.19. The molecule has 2 N–H and O–H groups in total. The maximum absolute atomic E-state index is 11.2. The van der Waals surface area contributed by atoms with E-state index in [1.807, 2.05) is 0 Å². The summed E-state index contributed by atoms with van der Waals surface area (Å²) >= 11 is 12.1. The summed E-state index contributed by atoms with van der Waals surface area (Å²) in [5.41, 5.74) is 1.45. The number of methoxy groups -OCH3 is 1. The van der Waals surface area contributed by atoms with E-state index in [0.29, 0.717) is 44.2 Å². The Bertz CT molecular complexity index is 1020. The molecule has 2 aromatic carbocycles. The van der Waals surface area contributed by atoms with Gasteiger partial charge in [0.1, 0.15) is 22.9 Å². The van der Waals surface area contributed by atoms with Gasteiger partial charge in [-0.1, -0.05) is 23.2 Å². The van der Waals surface area contributed by atoms with Crippen LogP contribution < -0.4 is 9.47 Å². The molecule has 0 saturated heterocycles. The minimum Gasteiger partial charge on any atom is -0.507 e. The van der Waals surface area contributed by atoms with E-state index < -0.39 is 5.97 Å². The van der Waals surface area contributed by atoms with Gasteiger partial charge in [-0.05, 0) is 37.3 Å². The zero-order chi connectivity index (χ0) is 20.3. The molecule has 146 valence electrons. The van der Waals surface area contributed by atoms with Gasteiger partial charge in [-0.25, -0.2) is 4.79 Å². The number of ether oxygens (including phenoxy) is 3. The molecule has 0 atom stereocenters. The van der Waals surface area contributed by atoms with Gasteiger partial charge >= 0.3 is 5.97 Å². The van der Waals surface area contributed by atoms with Crippen LogP contribution in [0.4, 0.5) is 0 Å². The van der Waals surface area contributed by atoms with Gasteiger partial charge in [-0.3, -0.25) is 5.10 Å². The number of halogens is 2. The fraction of sp³-hybridized carbons (Fsp3) is 0.158. The van der Waals surface area contributed by atoms with Crippen molar-refractivity contribution < 1.29 is 24.1 Å². The molecular formula is C19H16Cl2N2O5. The highest BCUT2D eigenvalue weighted by Crippen LogP contribution is 2.41. The number of phenols is 1. The number of benzene rings is 2. The summed E-state index contributed by atoms with van der Waals surface area (Å²) in [5, 5.41) is 18.3. The molecule has 0 radical (unpaired) electrons. The van der Waals surface area contributed by atoms with Crippen LogP contribution in [0.15, 0.2) is 36.4 Å². The van der Waals surface area contributed by atoms with Crippen molar-refractivity contribution in [2.24, 2.45) is 0 Å². The molecule has 3 aromatic rings. The Labute approximate surface area is 170 Å². The zero-order valence-electron chi connectivity index (χ0n) is 15.0. The lowest BCUT2D eigenvalue weighted by Crippen LogP contribution is -2.12. The number of esters is 1. The van der Waals surface area contributed by atoms with Crippen molar-refractivity contribution >= 4 is 29.2 Å². The second-order valence-electron chi connectivity index (χ2n) is 5.75. The Morgan fingerprint density at radius 1 is 1.21 bits per heavy atom. The molecule has 1 aromatic heterocycles. The molecule has 0 bridgehead atoms. The number of aryl methyl sites for hydroxylation is 1. The van der Waals surface area contributed by atoms with Crippen LogP contribution >= 0.6 is 23.2 Å². The number of carbonyl (C=O) groups is 1. The molecule has 9 heteroatoms. The highest BCUT2D eigenvalue weighted by molar-refractivity contribution is 6.35. The van der Waals surface area contributed by atoms with Crippen molar-refractivity contribution in [2.45, 2.75) is 6.92 Å². The predicted octanol–water partition coefficient (Wildman–Crippen LogP) is 4.74. The van der Waals surface area contributed by atoms with Crippen LogP contribution in [0.2, 0.25) is 10.0 Å².